The monoisotopic (exact) mass is 400 g/mol. The highest BCUT2D eigenvalue weighted by Gasteiger charge is 2.23. The van der Waals surface area contributed by atoms with Gasteiger partial charge >= 0.3 is 0 Å². The molecule has 0 aliphatic rings. The molecule has 0 amide bonds. The van der Waals surface area contributed by atoms with Gasteiger partial charge in [-0.1, -0.05) is 24.3 Å². The smallest absolute Gasteiger partial charge is 0.263 e. The number of halogens is 1. The van der Waals surface area contributed by atoms with E-state index in [4.69, 9.17) is 10.00 Å². The molecule has 0 fully saturated rings. The van der Waals surface area contributed by atoms with E-state index >= 15 is 0 Å². The Labute approximate surface area is 162 Å². The van der Waals surface area contributed by atoms with Crippen LogP contribution in [0.15, 0.2) is 53.4 Å². The maximum atomic E-state index is 14.2. The van der Waals surface area contributed by atoms with E-state index in [2.05, 4.69) is 9.82 Å². The van der Waals surface area contributed by atoms with Crippen molar-refractivity contribution in [3.05, 3.63) is 60.0 Å². The molecule has 1 N–H and O–H groups in total. The molecule has 1 heterocycles. The Hall–Kier alpha value is -3.38. The average Bonchev–Trinajstić information content (AvgIpc) is 2.97. The number of anilines is 1. The van der Waals surface area contributed by atoms with Crippen LogP contribution in [0.1, 0.15) is 5.69 Å². The molecule has 28 heavy (non-hydrogen) atoms. The van der Waals surface area contributed by atoms with Crippen LogP contribution in [0.3, 0.4) is 0 Å². The molecule has 0 saturated carbocycles. The number of methoxy groups -OCH3 is 1. The molecule has 0 aliphatic heterocycles. The molecule has 3 aromatic rings. The fraction of sp³-hybridized carbons (Fsp3) is 0.158. The van der Waals surface area contributed by atoms with Gasteiger partial charge in [0.15, 0.2) is 17.4 Å². The molecule has 0 bridgehead atoms. The first-order valence-electron chi connectivity index (χ1n) is 8.23. The van der Waals surface area contributed by atoms with Gasteiger partial charge in [0.25, 0.3) is 10.0 Å². The standard InChI is InChI=1S/C19H17FN4O3S/c1-13-18(14-8-9-17(27-2)16(20)12-14)19(22-24(13)11-10-21)23-28(25,26)15-6-4-3-5-7-15/h3-9,12H,11H2,1-2H3,(H,22,23). The first-order chi connectivity index (χ1) is 13.4. The minimum absolute atomic E-state index is 0.0150. The third-order valence-corrected chi connectivity index (χ3v) is 5.51. The molecule has 144 valence electrons. The molecule has 0 radical (unpaired) electrons. The van der Waals surface area contributed by atoms with Gasteiger partial charge in [-0.05, 0) is 36.8 Å². The molecule has 0 spiro atoms. The van der Waals surface area contributed by atoms with Crippen LogP contribution in [-0.2, 0) is 16.6 Å². The van der Waals surface area contributed by atoms with Gasteiger partial charge in [0.1, 0.15) is 6.54 Å². The number of benzene rings is 2. The zero-order valence-corrected chi connectivity index (χ0v) is 16.0. The highest BCUT2D eigenvalue weighted by Crippen LogP contribution is 2.34. The quantitative estimate of drug-likeness (QED) is 0.685. The number of rotatable bonds is 6. The summed E-state index contributed by atoms with van der Waals surface area (Å²) in [5.41, 5.74) is 1.32. The molecule has 2 aromatic carbocycles. The fourth-order valence-corrected chi connectivity index (χ4v) is 3.82. The highest BCUT2D eigenvalue weighted by atomic mass is 32.2. The fourth-order valence-electron chi connectivity index (χ4n) is 2.79. The third-order valence-electron chi connectivity index (χ3n) is 4.15. The van der Waals surface area contributed by atoms with E-state index in [1.165, 1.54) is 36.1 Å². The number of aromatic nitrogens is 2. The molecule has 3 rings (SSSR count). The Bertz CT molecular complexity index is 1150. The Kier molecular flexibility index (Phi) is 5.33. The summed E-state index contributed by atoms with van der Waals surface area (Å²) in [6.45, 7) is 1.60. The predicted octanol–water partition coefficient (Wildman–Crippen LogP) is 3.33. The van der Waals surface area contributed by atoms with E-state index in [-0.39, 0.29) is 23.0 Å². The number of sulfonamides is 1. The second-order valence-electron chi connectivity index (χ2n) is 5.89. The Balaban J connectivity index is 2.12. The zero-order chi connectivity index (χ0) is 20.3. The summed E-state index contributed by atoms with van der Waals surface area (Å²) in [4.78, 5) is 0.0642. The van der Waals surface area contributed by atoms with E-state index in [0.717, 1.165) is 0 Å². The van der Waals surface area contributed by atoms with Gasteiger partial charge in [0.05, 0.1) is 18.1 Å². The van der Waals surface area contributed by atoms with Crippen LogP contribution < -0.4 is 9.46 Å². The summed E-state index contributed by atoms with van der Waals surface area (Å²) >= 11 is 0. The van der Waals surface area contributed by atoms with Crippen molar-refractivity contribution in [1.82, 2.24) is 9.78 Å². The lowest BCUT2D eigenvalue weighted by Gasteiger charge is -2.09. The van der Waals surface area contributed by atoms with E-state index < -0.39 is 15.8 Å². The lowest BCUT2D eigenvalue weighted by molar-refractivity contribution is 0.386. The number of nitrogens with zero attached hydrogens (tertiary/aromatic N) is 3. The Morgan fingerprint density at radius 2 is 1.96 bits per heavy atom. The molecule has 7 nitrogen and oxygen atoms in total. The van der Waals surface area contributed by atoms with Gasteiger partial charge in [-0.25, -0.2) is 12.8 Å². The Morgan fingerprint density at radius 1 is 1.25 bits per heavy atom. The van der Waals surface area contributed by atoms with Gasteiger partial charge in [-0.3, -0.25) is 9.40 Å². The summed E-state index contributed by atoms with van der Waals surface area (Å²) in [6.07, 6.45) is 0. The van der Waals surface area contributed by atoms with E-state index in [1.807, 2.05) is 6.07 Å². The molecule has 0 unspecified atom stereocenters. The van der Waals surface area contributed by atoms with Gasteiger partial charge in [-0.15, -0.1) is 0 Å². The van der Waals surface area contributed by atoms with Crippen molar-refractivity contribution in [2.75, 3.05) is 11.8 Å². The third kappa shape index (κ3) is 3.68. The second kappa shape index (κ2) is 7.70. The van der Waals surface area contributed by atoms with E-state index in [1.54, 1.807) is 31.2 Å². The number of hydrogen-bond acceptors (Lipinski definition) is 5. The van der Waals surface area contributed by atoms with Crippen molar-refractivity contribution in [2.45, 2.75) is 18.4 Å². The van der Waals surface area contributed by atoms with Crippen LogP contribution in [0.5, 0.6) is 5.75 Å². The topological polar surface area (TPSA) is 97.0 Å². The van der Waals surface area contributed by atoms with Crippen molar-refractivity contribution in [2.24, 2.45) is 0 Å². The highest BCUT2D eigenvalue weighted by molar-refractivity contribution is 7.92. The normalized spacial score (nSPS) is 11.1. The van der Waals surface area contributed by atoms with Gasteiger partial charge < -0.3 is 4.74 Å². The van der Waals surface area contributed by atoms with Gasteiger partial charge in [-0.2, -0.15) is 10.4 Å². The maximum Gasteiger partial charge on any atom is 0.263 e. The Morgan fingerprint density at radius 3 is 2.57 bits per heavy atom. The number of hydrogen-bond donors (Lipinski definition) is 1. The van der Waals surface area contributed by atoms with Crippen LogP contribution in [-0.4, -0.2) is 25.3 Å². The molecule has 0 saturated heterocycles. The van der Waals surface area contributed by atoms with E-state index in [0.29, 0.717) is 16.8 Å². The minimum Gasteiger partial charge on any atom is -0.494 e. The average molecular weight is 400 g/mol. The summed E-state index contributed by atoms with van der Waals surface area (Å²) < 4.78 is 48.4. The summed E-state index contributed by atoms with van der Waals surface area (Å²) in [5.74, 6) is -0.511. The first kappa shape index (κ1) is 19.4. The predicted molar refractivity (Wildman–Crippen MR) is 102 cm³/mol. The number of nitriles is 1. The van der Waals surface area contributed by atoms with Crippen molar-refractivity contribution >= 4 is 15.8 Å². The number of nitrogens with one attached hydrogen (secondary N) is 1. The van der Waals surface area contributed by atoms with Crippen LogP contribution in [0.2, 0.25) is 0 Å². The molecular weight excluding hydrogens is 383 g/mol. The van der Waals surface area contributed by atoms with Crippen LogP contribution in [0, 0.1) is 24.1 Å². The van der Waals surface area contributed by atoms with Crippen molar-refractivity contribution in [3.63, 3.8) is 0 Å². The van der Waals surface area contributed by atoms with Crippen LogP contribution >= 0.6 is 0 Å². The SMILES string of the molecule is COc1ccc(-c2c(NS(=O)(=O)c3ccccc3)nn(CC#N)c2C)cc1F. The number of ether oxygens (including phenoxy) is 1. The second-order valence-corrected chi connectivity index (χ2v) is 7.58. The van der Waals surface area contributed by atoms with Crippen LogP contribution in [0.25, 0.3) is 11.1 Å². The molecular formula is C19H17FN4O3S. The lowest BCUT2D eigenvalue weighted by atomic mass is 10.1. The summed E-state index contributed by atoms with van der Waals surface area (Å²) in [7, 11) is -2.56. The molecule has 0 aliphatic carbocycles. The van der Waals surface area contributed by atoms with E-state index in [9.17, 15) is 12.8 Å². The maximum absolute atomic E-state index is 14.2. The lowest BCUT2D eigenvalue weighted by Crippen LogP contribution is -2.14. The van der Waals surface area contributed by atoms with Crippen molar-refractivity contribution in [1.29, 1.82) is 5.26 Å². The van der Waals surface area contributed by atoms with Gasteiger partial charge in [0.2, 0.25) is 0 Å². The van der Waals surface area contributed by atoms with Crippen molar-refractivity contribution in [3.8, 4) is 22.9 Å². The first-order valence-corrected chi connectivity index (χ1v) is 9.72. The van der Waals surface area contributed by atoms with Crippen molar-refractivity contribution < 1.29 is 17.5 Å². The molecule has 0 atom stereocenters. The van der Waals surface area contributed by atoms with Gasteiger partial charge in [0, 0.05) is 11.3 Å². The molecule has 1 aromatic heterocycles. The largest absolute Gasteiger partial charge is 0.494 e. The molecule has 9 heteroatoms. The minimum atomic E-state index is -3.91. The summed E-state index contributed by atoms with van der Waals surface area (Å²) in [6, 6.07) is 14.1. The van der Waals surface area contributed by atoms with Crippen LogP contribution in [0.4, 0.5) is 10.2 Å². The summed E-state index contributed by atoms with van der Waals surface area (Å²) in [5, 5.41) is 13.2. The zero-order valence-electron chi connectivity index (χ0n) is 15.2.